The van der Waals surface area contributed by atoms with Crippen LogP contribution < -0.4 is 0 Å². The summed E-state index contributed by atoms with van der Waals surface area (Å²) in [6, 6.07) is 28.1. The van der Waals surface area contributed by atoms with Crippen LogP contribution in [-0.4, -0.2) is 41.8 Å². The Balaban J connectivity index is 0.00000210. The first-order valence-corrected chi connectivity index (χ1v) is 14.4. The molecule has 0 aromatic heterocycles. The van der Waals surface area contributed by atoms with Gasteiger partial charge in [-0.2, -0.15) is 0 Å². The van der Waals surface area contributed by atoms with E-state index in [0.29, 0.717) is 12.2 Å². The van der Waals surface area contributed by atoms with E-state index in [1.807, 2.05) is 0 Å². The highest BCUT2D eigenvalue weighted by Crippen LogP contribution is 2.25. The molecule has 210 valence electrons. The number of unbranched alkanes of at least 4 members (excludes halogenated alkanes) is 1. The van der Waals surface area contributed by atoms with E-state index in [-0.39, 0.29) is 24.8 Å². The average molecular weight is 568 g/mol. The van der Waals surface area contributed by atoms with E-state index in [2.05, 4.69) is 88.7 Å². The molecule has 5 rings (SSSR count). The zero-order chi connectivity index (χ0) is 25.3. The number of hydrogen-bond donors (Lipinski definition) is 0. The van der Waals surface area contributed by atoms with Gasteiger partial charge in [-0.25, -0.2) is 0 Å². The average Bonchev–Trinajstić information content (AvgIpc) is 3.15. The lowest BCUT2D eigenvalue weighted by Crippen LogP contribution is -2.33. The highest BCUT2D eigenvalue weighted by Gasteiger charge is 2.20. The number of benzene rings is 3. The van der Waals surface area contributed by atoms with Crippen molar-refractivity contribution in [2.24, 2.45) is 5.92 Å². The van der Waals surface area contributed by atoms with Gasteiger partial charge in [0.2, 0.25) is 0 Å². The van der Waals surface area contributed by atoms with Crippen molar-refractivity contribution in [3.05, 3.63) is 107 Å². The monoisotopic (exact) mass is 566 g/mol. The van der Waals surface area contributed by atoms with E-state index in [0.717, 1.165) is 56.9 Å². The first kappa shape index (κ1) is 31.4. The van der Waals surface area contributed by atoms with Crippen LogP contribution in [0, 0.1) is 5.92 Å². The second-order valence-electron chi connectivity index (χ2n) is 11.1. The third-order valence-corrected chi connectivity index (χ3v) is 8.39. The summed E-state index contributed by atoms with van der Waals surface area (Å²) in [6.45, 7) is 6.64. The van der Waals surface area contributed by atoms with Gasteiger partial charge in [0.05, 0.1) is 0 Å². The standard InChI is InChI=1S/C34H42N2O.2ClH/c37-34(14-8-7-9-28-17-21-35(22-18-28)26-29-10-3-1-4-11-29)33-16-15-31-19-23-36(24-20-32(31)25-33)27-30-12-5-2-6-13-30;;/h1-6,10-13,15-16,25,28H,7-9,14,17-24,26-27H2;2*1H. The number of carbonyl (C=O) groups excluding carboxylic acids is 1. The minimum atomic E-state index is 0. The lowest BCUT2D eigenvalue weighted by atomic mass is 9.90. The van der Waals surface area contributed by atoms with E-state index in [4.69, 9.17) is 0 Å². The fourth-order valence-electron chi connectivity index (χ4n) is 6.08. The molecule has 1 saturated heterocycles. The number of rotatable bonds is 10. The van der Waals surface area contributed by atoms with Crippen molar-refractivity contribution >= 4 is 30.6 Å². The second kappa shape index (κ2) is 16.2. The molecule has 0 saturated carbocycles. The molecule has 1 fully saturated rings. The predicted octanol–water partition coefficient (Wildman–Crippen LogP) is 7.79. The summed E-state index contributed by atoms with van der Waals surface area (Å²) in [5.74, 6) is 1.15. The summed E-state index contributed by atoms with van der Waals surface area (Å²) in [5.41, 5.74) is 6.52. The third kappa shape index (κ3) is 9.46. The molecule has 5 heteroatoms. The van der Waals surface area contributed by atoms with Crippen molar-refractivity contribution in [3.8, 4) is 0 Å². The molecule has 2 aliphatic heterocycles. The zero-order valence-electron chi connectivity index (χ0n) is 23.1. The van der Waals surface area contributed by atoms with E-state index >= 15 is 0 Å². The third-order valence-electron chi connectivity index (χ3n) is 8.39. The molecule has 0 aliphatic carbocycles. The Kier molecular flexibility index (Phi) is 13.0. The maximum atomic E-state index is 13.0. The molecule has 0 spiro atoms. The summed E-state index contributed by atoms with van der Waals surface area (Å²) >= 11 is 0. The quantitative estimate of drug-likeness (QED) is 0.185. The first-order valence-electron chi connectivity index (χ1n) is 14.4. The van der Waals surface area contributed by atoms with Gasteiger partial charge in [-0.3, -0.25) is 14.6 Å². The Morgan fingerprint density at radius 1 is 0.667 bits per heavy atom. The Labute approximate surface area is 247 Å². The van der Waals surface area contributed by atoms with Crippen molar-refractivity contribution in [2.75, 3.05) is 26.2 Å². The van der Waals surface area contributed by atoms with Crippen molar-refractivity contribution < 1.29 is 4.79 Å². The highest BCUT2D eigenvalue weighted by molar-refractivity contribution is 5.96. The molecule has 0 atom stereocenters. The van der Waals surface area contributed by atoms with Crippen LogP contribution >= 0.6 is 24.8 Å². The van der Waals surface area contributed by atoms with Crippen LogP contribution in [0.15, 0.2) is 78.9 Å². The highest BCUT2D eigenvalue weighted by atomic mass is 35.5. The fraction of sp³-hybridized carbons (Fsp3) is 0.441. The van der Waals surface area contributed by atoms with Crippen LogP contribution in [0.2, 0.25) is 0 Å². The lowest BCUT2D eigenvalue weighted by molar-refractivity contribution is 0.0977. The van der Waals surface area contributed by atoms with Crippen molar-refractivity contribution in [3.63, 3.8) is 0 Å². The molecule has 39 heavy (non-hydrogen) atoms. The minimum Gasteiger partial charge on any atom is -0.299 e. The number of fused-ring (bicyclic) bond motifs is 1. The maximum Gasteiger partial charge on any atom is 0.162 e. The summed E-state index contributed by atoms with van der Waals surface area (Å²) in [5, 5.41) is 0. The molecule has 2 heterocycles. The van der Waals surface area contributed by atoms with E-state index in [1.165, 1.54) is 61.0 Å². The Hall–Kier alpha value is -2.17. The smallest absolute Gasteiger partial charge is 0.162 e. The van der Waals surface area contributed by atoms with Crippen LogP contribution in [-0.2, 0) is 25.9 Å². The summed E-state index contributed by atoms with van der Waals surface area (Å²) in [4.78, 5) is 18.1. The fourth-order valence-corrected chi connectivity index (χ4v) is 6.08. The first-order chi connectivity index (χ1) is 18.2. The molecule has 2 aliphatic rings. The predicted molar refractivity (Wildman–Crippen MR) is 167 cm³/mol. The number of Topliss-reactive ketones (excluding diaryl/α,β-unsaturated/α-hetero) is 1. The van der Waals surface area contributed by atoms with E-state index < -0.39 is 0 Å². The minimum absolute atomic E-state index is 0. The molecular formula is C34H44Cl2N2O. The summed E-state index contributed by atoms with van der Waals surface area (Å²) in [7, 11) is 0. The Morgan fingerprint density at radius 2 is 1.23 bits per heavy atom. The Bertz CT molecular complexity index is 1130. The van der Waals surface area contributed by atoms with Gasteiger partial charge >= 0.3 is 0 Å². The maximum absolute atomic E-state index is 13.0. The topological polar surface area (TPSA) is 23.6 Å². The molecule has 0 bridgehead atoms. The Morgan fingerprint density at radius 3 is 1.85 bits per heavy atom. The molecule has 0 unspecified atom stereocenters. The number of hydrogen-bond acceptors (Lipinski definition) is 3. The summed E-state index contributed by atoms with van der Waals surface area (Å²) in [6.07, 6.45) is 8.85. The summed E-state index contributed by atoms with van der Waals surface area (Å²) < 4.78 is 0. The number of carbonyl (C=O) groups is 1. The van der Waals surface area contributed by atoms with Crippen LogP contribution in [0.3, 0.4) is 0 Å². The van der Waals surface area contributed by atoms with Crippen molar-refractivity contribution in [1.82, 2.24) is 9.80 Å². The molecule has 3 aromatic rings. The van der Waals surface area contributed by atoms with Gasteiger partial charge in [0.25, 0.3) is 0 Å². The van der Waals surface area contributed by atoms with Gasteiger partial charge in [0.1, 0.15) is 0 Å². The van der Waals surface area contributed by atoms with Crippen LogP contribution in [0.5, 0.6) is 0 Å². The largest absolute Gasteiger partial charge is 0.299 e. The van der Waals surface area contributed by atoms with Gasteiger partial charge in [-0.05, 0) is 79.4 Å². The molecule has 3 aromatic carbocycles. The zero-order valence-corrected chi connectivity index (χ0v) is 24.7. The van der Waals surface area contributed by atoms with Gasteiger partial charge in [-0.15, -0.1) is 24.8 Å². The molecule has 0 radical (unpaired) electrons. The molecular weight excluding hydrogens is 523 g/mol. The number of nitrogens with zero attached hydrogens (tertiary/aromatic N) is 2. The van der Waals surface area contributed by atoms with Gasteiger partial charge < -0.3 is 0 Å². The van der Waals surface area contributed by atoms with Crippen LogP contribution in [0.4, 0.5) is 0 Å². The van der Waals surface area contributed by atoms with Gasteiger partial charge in [-0.1, -0.05) is 85.6 Å². The normalized spacial score (nSPS) is 16.4. The van der Waals surface area contributed by atoms with Crippen LogP contribution in [0.25, 0.3) is 0 Å². The van der Waals surface area contributed by atoms with Gasteiger partial charge in [0, 0.05) is 38.2 Å². The SMILES string of the molecule is Cl.Cl.O=C(CCCCC1CCN(Cc2ccccc2)CC1)c1ccc2c(c1)CCN(Cc1ccccc1)CC2. The van der Waals surface area contributed by atoms with E-state index in [9.17, 15) is 4.79 Å². The molecule has 3 nitrogen and oxygen atoms in total. The van der Waals surface area contributed by atoms with Gasteiger partial charge in [0.15, 0.2) is 5.78 Å². The van der Waals surface area contributed by atoms with E-state index in [1.54, 1.807) is 0 Å². The van der Waals surface area contributed by atoms with Crippen LogP contribution in [0.1, 0.15) is 71.1 Å². The number of ketones is 1. The number of halogens is 2. The number of likely N-dealkylation sites (tertiary alicyclic amines) is 1. The molecule has 0 N–H and O–H groups in total. The second-order valence-corrected chi connectivity index (χ2v) is 11.1. The van der Waals surface area contributed by atoms with Crippen molar-refractivity contribution in [1.29, 1.82) is 0 Å². The van der Waals surface area contributed by atoms with Crippen molar-refractivity contribution in [2.45, 2.75) is 64.5 Å². The number of piperidine rings is 1. The molecule has 0 amide bonds. The lowest BCUT2D eigenvalue weighted by Gasteiger charge is -2.32.